The van der Waals surface area contributed by atoms with E-state index in [0.717, 1.165) is 9.13 Å². The molecule has 4 heteroatoms. The highest BCUT2D eigenvalue weighted by Crippen LogP contribution is 2.17. The number of morpholine rings is 1. The Balaban J connectivity index is 2.21. The van der Waals surface area contributed by atoms with Crippen LogP contribution < -0.4 is 0 Å². The van der Waals surface area contributed by atoms with E-state index in [4.69, 9.17) is 4.74 Å². The second kappa shape index (κ2) is 5.14. The van der Waals surface area contributed by atoms with Crippen LogP contribution in [0.1, 0.15) is 17.3 Å². The van der Waals surface area contributed by atoms with Gasteiger partial charge in [0.25, 0.3) is 5.91 Å². The van der Waals surface area contributed by atoms with Gasteiger partial charge in [-0.15, -0.1) is 0 Å². The summed E-state index contributed by atoms with van der Waals surface area (Å²) in [5.41, 5.74) is 0.789. The highest BCUT2D eigenvalue weighted by atomic mass is 127. The van der Waals surface area contributed by atoms with Gasteiger partial charge in [0.05, 0.1) is 24.8 Å². The van der Waals surface area contributed by atoms with Crippen LogP contribution in [0.3, 0.4) is 0 Å². The highest BCUT2D eigenvalue weighted by molar-refractivity contribution is 14.1. The lowest BCUT2D eigenvalue weighted by Gasteiger charge is -2.33. The Morgan fingerprint density at radius 1 is 1.50 bits per heavy atom. The van der Waals surface area contributed by atoms with Crippen LogP contribution in [-0.4, -0.2) is 36.6 Å². The van der Waals surface area contributed by atoms with Gasteiger partial charge in [0, 0.05) is 10.1 Å². The molecule has 1 fully saturated rings. The topological polar surface area (TPSA) is 29.5 Å². The van der Waals surface area contributed by atoms with Gasteiger partial charge in [0.1, 0.15) is 0 Å². The zero-order valence-corrected chi connectivity index (χ0v) is 11.3. The molecule has 0 spiro atoms. The second-order valence-corrected chi connectivity index (χ2v) is 5.06. The van der Waals surface area contributed by atoms with Crippen LogP contribution in [0.2, 0.25) is 0 Å². The van der Waals surface area contributed by atoms with Crippen LogP contribution in [-0.2, 0) is 4.74 Å². The van der Waals surface area contributed by atoms with Gasteiger partial charge in [0.15, 0.2) is 0 Å². The molecule has 1 atom stereocenters. The molecule has 1 saturated heterocycles. The molecule has 1 aliphatic rings. The van der Waals surface area contributed by atoms with Crippen molar-refractivity contribution in [2.24, 2.45) is 0 Å². The maximum absolute atomic E-state index is 12.3. The second-order valence-electron chi connectivity index (χ2n) is 3.90. The van der Waals surface area contributed by atoms with Gasteiger partial charge in [-0.2, -0.15) is 0 Å². The SMILES string of the molecule is CC1COCCN1C(=O)c1ccccc1I. The zero-order chi connectivity index (χ0) is 11.5. The van der Waals surface area contributed by atoms with Crippen LogP contribution in [0.15, 0.2) is 24.3 Å². The molecule has 0 saturated carbocycles. The first-order chi connectivity index (χ1) is 7.70. The lowest BCUT2D eigenvalue weighted by atomic mass is 10.1. The van der Waals surface area contributed by atoms with E-state index in [0.29, 0.717) is 19.8 Å². The molecule has 1 unspecified atom stereocenters. The third kappa shape index (κ3) is 2.38. The maximum Gasteiger partial charge on any atom is 0.255 e. The highest BCUT2D eigenvalue weighted by Gasteiger charge is 2.25. The van der Waals surface area contributed by atoms with Crippen LogP contribution in [0.25, 0.3) is 0 Å². The lowest BCUT2D eigenvalue weighted by molar-refractivity contribution is 0.00353. The number of hydrogen-bond donors (Lipinski definition) is 0. The number of benzene rings is 1. The molecule has 1 aromatic rings. The van der Waals surface area contributed by atoms with Crippen LogP contribution in [0.4, 0.5) is 0 Å². The van der Waals surface area contributed by atoms with Crippen molar-refractivity contribution in [3.63, 3.8) is 0 Å². The summed E-state index contributed by atoms with van der Waals surface area (Å²) in [4.78, 5) is 14.2. The Bertz CT molecular complexity index is 394. The fourth-order valence-electron chi connectivity index (χ4n) is 1.82. The van der Waals surface area contributed by atoms with E-state index < -0.39 is 0 Å². The fourth-order valence-corrected chi connectivity index (χ4v) is 2.44. The number of carbonyl (C=O) groups is 1. The van der Waals surface area contributed by atoms with Crippen molar-refractivity contribution in [3.8, 4) is 0 Å². The molecule has 86 valence electrons. The summed E-state index contributed by atoms with van der Waals surface area (Å²) in [5.74, 6) is 0.112. The lowest BCUT2D eigenvalue weighted by Crippen LogP contribution is -2.47. The van der Waals surface area contributed by atoms with Crippen molar-refractivity contribution >= 4 is 28.5 Å². The van der Waals surface area contributed by atoms with Crippen LogP contribution in [0, 0.1) is 3.57 Å². The minimum absolute atomic E-state index is 0.112. The normalized spacial score (nSPS) is 20.9. The number of ether oxygens (including phenoxy) is 1. The molecule has 0 bridgehead atoms. The molecule has 2 rings (SSSR count). The molecule has 1 aromatic carbocycles. The van der Waals surface area contributed by atoms with E-state index in [9.17, 15) is 4.79 Å². The van der Waals surface area contributed by atoms with E-state index in [2.05, 4.69) is 22.6 Å². The van der Waals surface area contributed by atoms with Gasteiger partial charge in [-0.1, -0.05) is 12.1 Å². The summed E-state index contributed by atoms with van der Waals surface area (Å²) >= 11 is 2.20. The number of hydrogen-bond acceptors (Lipinski definition) is 2. The van der Waals surface area contributed by atoms with Crippen molar-refractivity contribution in [2.75, 3.05) is 19.8 Å². The smallest absolute Gasteiger partial charge is 0.255 e. The van der Waals surface area contributed by atoms with Crippen molar-refractivity contribution in [1.29, 1.82) is 0 Å². The Morgan fingerprint density at radius 2 is 2.25 bits per heavy atom. The summed E-state index contributed by atoms with van der Waals surface area (Å²) < 4.78 is 6.34. The Hall–Kier alpha value is -0.620. The average Bonchev–Trinajstić information content (AvgIpc) is 2.29. The standard InChI is InChI=1S/C12H14INO2/c1-9-8-16-7-6-14(9)12(15)10-4-2-3-5-11(10)13/h2-5,9H,6-8H2,1H3. The van der Waals surface area contributed by atoms with Crippen molar-refractivity contribution in [1.82, 2.24) is 4.90 Å². The van der Waals surface area contributed by atoms with Gasteiger partial charge >= 0.3 is 0 Å². The minimum Gasteiger partial charge on any atom is -0.377 e. The first-order valence-corrected chi connectivity index (χ1v) is 6.41. The molecule has 0 aromatic heterocycles. The van der Waals surface area contributed by atoms with Crippen molar-refractivity contribution in [2.45, 2.75) is 13.0 Å². The Kier molecular flexibility index (Phi) is 3.81. The molecule has 1 heterocycles. The quantitative estimate of drug-likeness (QED) is 0.738. The molecular formula is C12H14INO2. The van der Waals surface area contributed by atoms with Gasteiger partial charge in [-0.05, 0) is 41.6 Å². The third-order valence-corrected chi connectivity index (χ3v) is 3.67. The molecule has 0 N–H and O–H groups in total. The number of carbonyl (C=O) groups excluding carboxylic acids is 1. The molecule has 0 radical (unpaired) electrons. The van der Waals surface area contributed by atoms with E-state index in [1.807, 2.05) is 36.1 Å². The number of rotatable bonds is 1. The molecule has 1 amide bonds. The predicted molar refractivity (Wildman–Crippen MR) is 70.5 cm³/mol. The summed E-state index contributed by atoms with van der Waals surface area (Å²) in [5, 5.41) is 0. The first kappa shape index (κ1) is 11.9. The predicted octanol–water partition coefficient (Wildman–Crippen LogP) is 2.15. The molecular weight excluding hydrogens is 317 g/mol. The van der Waals surface area contributed by atoms with E-state index >= 15 is 0 Å². The largest absolute Gasteiger partial charge is 0.377 e. The minimum atomic E-state index is 0.112. The summed E-state index contributed by atoms with van der Waals surface area (Å²) in [6, 6.07) is 7.85. The third-order valence-electron chi connectivity index (χ3n) is 2.73. The van der Waals surface area contributed by atoms with Gasteiger partial charge in [-0.3, -0.25) is 4.79 Å². The zero-order valence-electron chi connectivity index (χ0n) is 9.15. The number of nitrogens with zero attached hydrogens (tertiary/aromatic N) is 1. The monoisotopic (exact) mass is 331 g/mol. The summed E-state index contributed by atoms with van der Waals surface area (Å²) in [6.45, 7) is 3.98. The Labute approximate surface area is 109 Å². The van der Waals surface area contributed by atoms with E-state index in [-0.39, 0.29) is 11.9 Å². The van der Waals surface area contributed by atoms with Crippen molar-refractivity contribution in [3.05, 3.63) is 33.4 Å². The van der Waals surface area contributed by atoms with E-state index in [1.165, 1.54) is 0 Å². The van der Waals surface area contributed by atoms with Crippen LogP contribution in [0.5, 0.6) is 0 Å². The Morgan fingerprint density at radius 3 is 2.94 bits per heavy atom. The van der Waals surface area contributed by atoms with Gasteiger partial charge in [0.2, 0.25) is 0 Å². The number of amides is 1. The van der Waals surface area contributed by atoms with Gasteiger partial charge in [-0.25, -0.2) is 0 Å². The summed E-state index contributed by atoms with van der Waals surface area (Å²) in [7, 11) is 0. The van der Waals surface area contributed by atoms with Gasteiger partial charge < -0.3 is 9.64 Å². The number of halogens is 1. The summed E-state index contributed by atoms with van der Waals surface area (Å²) in [6.07, 6.45) is 0. The molecule has 0 aliphatic carbocycles. The molecule has 16 heavy (non-hydrogen) atoms. The first-order valence-electron chi connectivity index (χ1n) is 5.33. The van der Waals surface area contributed by atoms with Crippen molar-refractivity contribution < 1.29 is 9.53 Å². The van der Waals surface area contributed by atoms with E-state index in [1.54, 1.807) is 0 Å². The fraction of sp³-hybridized carbons (Fsp3) is 0.417. The van der Waals surface area contributed by atoms with Crippen LogP contribution >= 0.6 is 22.6 Å². The average molecular weight is 331 g/mol. The molecule has 1 aliphatic heterocycles. The maximum atomic E-state index is 12.3. The molecule has 3 nitrogen and oxygen atoms in total.